The molecule has 0 unspecified atom stereocenters. The van der Waals surface area contributed by atoms with Crippen LogP contribution in [0.3, 0.4) is 0 Å². The number of alkyl halides is 3. The predicted octanol–water partition coefficient (Wildman–Crippen LogP) is 5.26. The minimum atomic E-state index is -4.55. The van der Waals surface area contributed by atoms with Crippen LogP contribution in [0.1, 0.15) is 39.6 Å². The van der Waals surface area contributed by atoms with Gasteiger partial charge in [-0.2, -0.15) is 13.2 Å². The highest BCUT2D eigenvalue weighted by Gasteiger charge is 2.34. The fourth-order valence-corrected chi connectivity index (χ4v) is 4.70. The van der Waals surface area contributed by atoms with Crippen molar-refractivity contribution in [3.8, 4) is 11.1 Å². The van der Waals surface area contributed by atoms with Gasteiger partial charge in [0.25, 0.3) is 11.8 Å². The summed E-state index contributed by atoms with van der Waals surface area (Å²) < 4.78 is 38.9. The number of benzene rings is 2. The van der Waals surface area contributed by atoms with Crippen molar-refractivity contribution in [2.24, 2.45) is 5.73 Å². The zero-order chi connectivity index (χ0) is 26.0. The van der Waals surface area contributed by atoms with Crippen molar-refractivity contribution in [1.82, 2.24) is 9.88 Å². The number of rotatable bonds is 5. The van der Waals surface area contributed by atoms with Gasteiger partial charge in [0, 0.05) is 49.3 Å². The van der Waals surface area contributed by atoms with Crippen molar-refractivity contribution < 1.29 is 22.8 Å². The largest absolute Gasteiger partial charge is 0.416 e. The number of carbonyl (C=O) groups is 2. The van der Waals surface area contributed by atoms with Crippen LogP contribution in [0.25, 0.3) is 11.1 Å². The molecule has 188 valence electrons. The average Bonchev–Trinajstić information content (AvgIpc) is 2.87. The van der Waals surface area contributed by atoms with Gasteiger partial charge in [-0.1, -0.05) is 30.7 Å². The number of pyridine rings is 1. The highest BCUT2D eigenvalue weighted by molar-refractivity contribution is 6.33. The van der Waals surface area contributed by atoms with Gasteiger partial charge < -0.3 is 15.5 Å². The first-order valence-electron chi connectivity index (χ1n) is 11.4. The Morgan fingerprint density at radius 3 is 2.47 bits per heavy atom. The maximum absolute atomic E-state index is 13.1. The highest BCUT2D eigenvalue weighted by Crippen LogP contribution is 2.34. The molecule has 3 aromatic rings. The maximum Gasteiger partial charge on any atom is 0.416 e. The van der Waals surface area contributed by atoms with Gasteiger partial charge in [-0.25, -0.2) is 0 Å². The number of hydrogen-bond acceptors (Lipinski definition) is 4. The zero-order valence-corrected chi connectivity index (χ0v) is 20.2. The van der Waals surface area contributed by atoms with Crippen molar-refractivity contribution in [3.05, 3.63) is 82.6 Å². The Morgan fingerprint density at radius 1 is 1.08 bits per heavy atom. The Hall–Kier alpha value is -3.59. The monoisotopic (exact) mass is 516 g/mol. The lowest BCUT2D eigenvalue weighted by Gasteiger charge is -2.43. The summed E-state index contributed by atoms with van der Waals surface area (Å²) in [6, 6.07) is 11.8. The summed E-state index contributed by atoms with van der Waals surface area (Å²) >= 11 is 6.05. The van der Waals surface area contributed by atoms with Crippen LogP contribution in [0.15, 0.2) is 60.9 Å². The molecule has 1 aromatic heterocycles. The molecule has 2 N–H and O–H groups in total. The predicted molar refractivity (Wildman–Crippen MR) is 132 cm³/mol. The van der Waals surface area contributed by atoms with E-state index in [0.29, 0.717) is 37.3 Å². The number of amides is 2. The SMILES string of the molecule is CC[C@@H]1CN(C(=O)c2ccc(C(F)(F)F)cc2Cl)CCN1c1ccc(-c2cccnc2)cc1C(N)=O. The molecule has 1 aliphatic heterocycles. The number of anilines is 1. The molecular weight excluding hydrogens is 493 g/mol. The number of aromatic nitrogens is 1. The second-order valence-electron chi connectivity index (χ2n) is 8.54. The summed E-state index contributed by atoms with van der Waals surface area (Å²) in [5.74, 6) is -1.01. The summed E-state index contributed by atoms with van der Waals surface area (Å²) in [7, 11) is 0. The van der Waals surface area contributed by atoms with Gasteiger partial charge in [0.15, 0.2) is 0 Å². The van der Waals surface area contributed by atoms with E-state index in [2.05, 4.69) is 4.98 Å². The summed E-state index contributed by atoms with van der Waals surface area (Å²) in [4.78, 5) is 33.2. The molecule has 10 heteroatoms. The van der Waals surface area contributed by atoms with Crippen molar-refractivity contribution >= 4 is 29.1 Å². The number of nitrogens with zero attached hydrogens (tertiary/aromatic N) is 3. The van der Waals surface area contributed by atoms with E-state index in [1.165, 1.54) is 0 Å². The van der Waals surface area contributed by atoms with E-state index in [1.54, 1.807) is 29.4 Å². The molecule has 0 radical (unpaired) electrons. The topological polar surface area (TPSA) is 79.5 Å². The number of primary amides is 1. The van der Waals surface area contributed by atoms with Crippen molar-refractivity contribution in [3.63, 3.8) is 0 Å². The number of nitrogens with two attached hydrogens (primary N) is 1. The fraction of sp³-hybridized carbons (Fsp3) is 0.269. The van der Waals surface area contributed by atoms with E-state index in [-0.39, 0.29) is 16.6 Å². The van der Waals surface area contributed by atoms with E-state index in [4.69, 9.17) is 17.3 Å². The molecule has 1 fully saturated rings. The summed E-state index contributed by atoms with van der Waals surface area (Å²) in [5, 5.41) is -0.243. The molecule has 2 amide bonds. The fourth-order valence-electron chi connectivity index (χ4n) is 4.44. The molecule has 1 saturated heterocycles. The first-order chi connectivity index (χ1) is 17.1. The molecule has 0 spiro atoms. The minimum Gasteiger partial charge on any atom is -0.366 e. The van der Waals surface area contributed by atoms with Crippen LogP contribution >= 0.6 is 11.6 Å². The number of carbonyl (C=O) groups excluding carboxylic acids is 2. The quantitative estimate of drug-likeness (QED) is 0.501. The van der Waals surface area contributed by atoms with Crippen LogP contribution in [0.5, 0.6) is 0 Å². The van der Waals surface area contributed by atoms with Gasteiger partial charge in [0.05, 0.1) is 21.7 Å². The lowest BCUT2D eigenvalue weighted by molar-refractivity contribution is -0.137. The van der Waals surface area contributed by atoms with Crippen LogP contribution in [0.2, 0.25) is 5.02 Å². The first-order valence-corrected chi connectivity index (χ1v) is 11.7. The van der Waals surface area contributed by atoms with E-state index in [1.807, 2.05) is 30.0 Å². The van der Waals surface area contributed by atoms with Crippen LogP contribution in [-0.4, -0.2) is 47.4 Å². The Morgan fingerprint density at radius 2 is 1.86 bits per heavy atom. The van der Waals surface area contributed by atoms with Gasteiger partial charge >= 0.3 is 6.18 Å². The zero-order valence-electron chi connectivity index (χ0n) is 19.4. The molecule has 1 aliphatic rings. The Kier molecular flexibility index (Phi) is 7.21. The Labute approximate surface area is 211 Å². The summed E-state index contributed by atoms with van der Waals surface area (Å²) in [6.45, 7) is 2.99. The van der Waals surface area contributed by atoms with Crippen molar-refractivity contribution in [1.29, 1.82) is 0 Å². The number of halogens is 4. The molecule has 4 rings (SSSR count). The van der Waals surface area contributed by atoms with Crippen LogP contribution < -0.4 is 10.6 Å². The second kappa shape index (κ2) is 10.2. The third-order valence-electron chi connectivity index (χ3n) is 6.33. The molecule has 2 aromatic carbocycles. The van der Waals surface area contributed by atoms with Crippen molar-refractivity contribution in [2.45, 2.75) is 25.6 Å². The molecule has 0 saturated carbocycles. The number of hydrogen-bond donors (Lipinski definition) is 1. The van der Waals surface area contributed by atoms with Gasteiger partial charge in [-0.3, -0.25) is 14.6 Å². The van der Waals surface area contributed by atoms with Gasteiger partial charge in [0.1, 0.15) is 0 Å². The van der Waals surface area contributed by atoms with Crippen LogP contribution in [0, 0.1) is 0 Å². The van der Waals surface area contributed by atoms with E-state index < -0.39 is 23.6 Å². The molecule has 1 atom stereocenters. The van der Waals surface area contributed by atoms with Crippen LogP contribution in [0.4, 0.5) is 18.9 Å². The Balaban J connectivity index is 1.58. The third-order valence-corrected chi connectivity index (χ3v) is 6.65. The molecule has 36 heavy (non-hydrogen) atoms. The average molecular weight is 517 g/mol. The van der Waals surface area contributed by atoms with E-state index in [0.717, 1.165) is 29.3 Å². The summed E-state index contributed by atoms with van der Waals surface area (Å²) in [6.07, 6.45) is -0.523. The highest BCUT2D eigenvalue weighted by atomic mass is 35.5. The lowest BCUT2D eigenvalue weighted by Crippen LogP contribution is -2.55. The molecular formula is C26H24ClF3N4O2. The van der Waals surface area contributed by atoms with Gasteiger partial charge in [-0.15, -0.1) is 0 Å². The molecule has 6 nitrogen and oxygen atoms in total. The van der Waals surface area contributed by atoms with E-state index >= 15 is 0 Å². The molecule has 0 aliphatic carbocycles. The van der Waals surface area contributed by atoms with Crippen LogP contribution in [-0.2, 0) is 6.18 Å². The van der Waals surface area contributed by atoms with Gasteiger partial charge in [-0.05, 0) is 48.4 Å². The third kappa shape index (κ3) is 5.16. The van der Waals surface area contributed by atoms with Crippen molar-refractivity contribution in [2.75, 3.05) is 24.5 Å². The number of piperazine rings is 1. The smallest absolute Gasteiger partial charge is 0.366 e. The lowest BCUT2D eigenvalue weighted by atomic mass is 9.99. The minimum absolute atomic E-state index is 0.0200. The molecule has 0 bridgehead atoms. The summed E-state index contributed by atoms with van der Waals surface area (Å²) in [5.41, 5.74) is 7.52. The standard InChI is InChI=1S/C26H24ClF3N4O2/c1-2-19-15-33(25(36)20-7-6-18(13-22(20)27)26(28,29)30)10-11-34(19)23-8-5-16(12-21(23)24(31)35)17-4-3-9-32-14-17/h3-9,12-14,19H,2,10-11,15H2,1H3,(H2,31,35)/t19-/m1/s1. The Bertz CT molecular complexity index is 1280. The van der Waals surface area contributed by atoms with E-state index in [9.17, 15) is 22.8 Å². The van der Waals surface area contributed by atoms with Gasteiger partial charge in [0.2, 0.25) is 0 Å². The maximum atomic E-state index is 13.1. The normalized spacial score (nSPS) is 16.2. The molecule has 2 heterocycles. The second-order valence-corrected chi connectivity index (χ2v) is 8.94. The first kappa shape index (κ1) is 25.5.